The van der Waals surface area contributed by atoms with Crippen LogP contribution in [0, 0.1) is 0 Å². The Morgan fingerprint density at radius 2 is 1.91 bits per heavy atom. The quantitative estimate of drug-likeness (QED) is 0.265. The monoisotopic (exact) mass is 598 g/mol. The number of nitrogens with one attached hydrogen (secondary N) is 3. The molecule has 3 aromatic carbocycles. The van der Waals surface area contributed by atoms with Crippen molar-refractivity contribution in [1.29, 1.82) is 0 Å². The first-order valence-corrected chi connectivity index (χ1v) is 15.8. The average Bonchev–Trinajstić information content (AvgIpc) is 3.30. The van der Waals surface area contributed by atoms with Gasteiger partial charge in [-0.1, -0.05) is 62.1 Å². The van der Waals surface area contributed by atoms with Crippen LogP contribution in [-0.4, -0.2) is 36.5 Å². The maximum Gasteiger partial charge on any atom is 0.274 e. The van der Waals surface area contributed by atoms with Gasteiger partial charge in [-0.15, -0.1) is 0 Å². The van der Waals surface area contributed by atoms with E-state index in [4.69, 9.17) is 4.74 Å². The summed E-state index contributed by atoms with van der Waals surface area (Å²) in [5.74, 6) is 0.252. The van der Waals surface area contributed by atoms with Crippen LogP contribution in [0.2, 0.25) is 0 Å². The summed E-state index contributed by atoms with van der Waals surface area (Å²) in [6, 6.07) is 16.0. The number of rotatable bonds is 6. The van der Waals surface area contributed by atoms with Crippen LogP contribution in [0.4, 0.5) is 5.69 Å². The zero-order valence-electron chi connectivity index (χ0n) is 26.2. The summed E-state index contributed by atoms with van der Waals surface area (Å²) in [4.78, 5) is 29.2. The molecule has 0 radical (unpaired) electrons. The molecule has 0 saturated carbocycles. The lowest BCUT2D eigenvalue weighted by Gasteiger charge is -2.44. The molecule has 228 valence electrons. The maximum atomic E-state index is 14.8. The molecule has 2 unspecified atom stereocenters. The van der Waals surface area contributed by atoms with Crippen LogP contribution in [-0.2, 0) is 5.54 Å². The van der Waals surface area contributed by atoms with E-state index in [0.29, 0.717) is 23.4 Å². The Morgan fingerprint density at radius 1 is 1.09 bits per heavy atom. The molecule has 7 rings (SSSR count). The third-order valence-electron chi connectivity index (χ3n) is 9.49. The van der Waals surface area contributed by atoms with E-state index >= 15 is 0 Å². The van der Waals surface area contributed by atoms with Crippen LogP contribution >= 0.6 is 0 Å². The number of amides is 2. The topological polar surface area (TPSA) is 82.7 Å². The van der Waals surface area contributed by atoms with Crippen molar-refractivity contribution in [1.82, 2.24) is 15.8 Å². The van der Waals surface area contributed by atoms with Gasteiger partial charge in [-0.05, 0) is 73.6 Å². The minimum Gasteiger partial charge on any atom is -0.489 e. The highest BCUT2D eigenvalue weighted by atomic mass is 16.5. The predicted octanol–water partition coefficient (Wildman–Crippen LogP) is 7.05. The molecule has 3 N–H and O–H groups in total. The molecular weight excluding hydrogens is 560 g/mol. The number of hydrogen-bond donors (Lipinski definition) is 3. The Balaban J connectivity index is 1.60. The minimum absolute atomic E-state index is 0.134. The number of likely N-dealkylation sites (N-methyl/N-ethyl adjacent to an activating group) is 1. The lowest BCUT2D eigenvalue weighted by molar-refractivity contribution is 0.0416. The Morgan fingerprint density at radius 3 is 2.69 bits per heavy atom. The predicted molar refractivity (Wildman–Crippen MR) is 179 cm³/mol. The van der Waals surface area contributed by atoms with Gasteiger partial charge in [-0.3, -0.25) is 15.0 Å². The number of hydrogen-bond acceptors (Lipinski definition) is 5. The summed E-state index contributed by atoms with van der Waals surface area (Å²) in [5.41, 5.74) is 12.2. The van der Waals surface area contributed by atoms with Gasteiger partial charge in [0.2, 0.25) is 0 Å². The van der Waals surface area contributed by atoms with E-state index in [2.05, 4.69) is 66.8 Å². The number of nitrogens with zero attached hydrogens (tertiary/aromatic N) is 1. The number of carbonyl (C=O) groups excluding carboxylic acids is 2. The van der Waals surface area contributed by atoms with E-state index in [1.165, 1.54) is 0 Å². The van der Waals surface area contributed by atoms with Crippen molar-refractivity contribution in [3.8, 4) is 16.9 Å². The normalized spacial score (nSPS) is 22.0. The second kappa shape index (κ2) is 10.8. The standard InChI is InChI=1S/C38H38N4O3/c1-6-31(39-7-2)23(5)18-25-21-45-33-20-32(40-8-3)28-19-30(33)38(25)29-15-10-9-14-27(29)37(44)42(38)41-36(43)35-26(28)17-16-24-13-11-12-22(4)34(24)35/h6,9-11,13-20,22,39-40H,1,7-8,12,21H2,2-5H3,(H,41,43)/b25-18+,31-23+. The number of benzene rings is 3. The van der Waals surface area contributed by atoms with Gasteiger partial charge < -0.3 is 15.4 Å². The third-order valence-corrected chi connectivity index (χ3v) is 9.49. The number of hydrazine groups is 1. The summed E-state index contributed by atoms with van der Waals surface area (Å²) in [6.45, 7) is 14.0. The molecule has 7 nitrogen and oxygen atoms in total. The third kappa shape index (κ3) is 4.10. The van der Waals surface area contributed by atoms with Crippen molar-refractivity contribution >= 4 is 23.6 Å². The van der Waals surface area contributed by atoms with Gasteiger partial charge in [0.15, 0.2) is 0 Å². The molecule has 3 aromatic rings. The summed E-state index contributed by atoms with van der Waals surface area (Å²) in [7, 11) is 0. The summed E-state index contributed by atoms with van der Waals surface area (Å²) in [6.07, 6.45) is 8.97. The van der Waals surface area contributed by atoms with Crippen LogP contribution in [0.5, 0.6) is 5.75 Å². The molecule has 0 saturated heterocycles. The van der Waals surface area contributed by atoms with Gasteiger partial charge in [0.05, 0.1) is 5.56 Å². The van der Waals surface area contributed by atoms with Crippen molar-refractivity contribution in [3.63, 3.8) is 0 Å². The Labute approximate surface area is 264 Å². The van der Waals surface area contributed by atoms with E-state index in [-0.39, 0.29) is 24.3 Å². The number of fused-ring (bicyclic) bond motifs is 6. The molecular formula is C38H38N4O3. The zero-order chi connectivity index (χ0) is 31.5. The molecule has 0 fully saturated rings. The lowest BCUT2D eigenvalue weighted by Crippen LogP contribution is -2.57. The Bertz CT molecular complexity index is 1880. The van der Waals surface area contributed by atoms with Gasteiger partial charge in [0.25, 0.3) is 11.8 Å². The molecule has 7 heteroatoms. The van der Waals surface area contributed by atoms with Gasteiger partial charge in [-0.2, -0.15) is 0 Å². The van der Waals surface area contributed by atoms with Crippen molar-refractivity contribution in [3.05, 3.63) is 124 Å². The fraction of sp³-hybridized carbons (Fsp3) is 0.263. The molecule has 1 aliphatic carbocycles. The molecule has 2 atom stereocenters. The fourth-order valence-electron chi connectivity index (χ4n) is 7.57. The second-order valence-corrected chi connectivity index (χ2v) is 12.1. The van der Waals surface area contributed by atoms with Crippen LogP contribution < -0.4 is 20.8 Å². The minimum atomic E-state index is -1.14. The highest BCUT2D eigenvalue weighted by molar-refractivity contribution is 6.09. The highest BCUT2D eigenvalue weighted by Gasteiger charge is 2.58. The summed E-state index contributed by atoms with van der Waals surface area (Å²) in [5, 5.41) is 8.49. The first-order valence-electron chi connectivity index (χ1n) is 15.8. The van der Waals surface area contributed by atoms with E-state index in [0.717, 1.165) is 68.9 Å². The van der Waals surface area contributed by atoms with Gasteiger partial charge in [0, 0.05) is 58.4 Å². The number of carbonyl (C=O) groups is 2. The first-order chi connectivity index (χ1) is 21.8. The molecule has 0 aromatic heterocycles. The molecule has 45 heavy (non-hydrogen) atoms. The first kappa shape index (κ1) is 28.7. The van der Waals surface area contributed by atoms with Crippen molar-refractivity contribution in [2.75, 3.05) is 25.0 Å². The zero-order valence-corrected chi connectivity index (χ0v) is 26.2. The fourth-order valence-corrected chi connectivity index (χ4v) is 7.57. The van der Waals surface area contributed by atoms with Crippen molar-refractivity contribution in [2.24, 2.45) is 0 Å². The second-order valence-electron chi connectivity index (χ2n) is 12.1. The average molecular weight is 599 g/mol. The van der Waals surface area contributed by atoms with Crippen LogP contribution in [0.15, 0.2) is 90.2 Å². The molecule has 2 amide bonds. The van der Waals surface area contributed by atoms with Gasteiger partial charge >= 0.3 is 0 Å². The van der Waals surface area contributed by atoms with Gasteiger partial charge in [0.1, 0.15) is 17.9 Å². The number of anilines is 1. The molecule has 4 aliphatic rings. The smallest absolute Gasteiger partial charge is 0.274 e. The molecule has 2 bridgehead atoms. The van der Waals surface area contributed by atoms with E-state index in [9.17, 15) is 9.59 Å². The van der Waals surface area contributed by atoms with Crippen LogP contribution in [0.25, 0.3) is 17.2 Å². The molecule has 3 heterocycles. The number of allylic oxidation sites excluding steroid dienone is 4. The molecule has 3 aliphatic heterocycles. The summed E-state index contributed by atoms with van der Waals surface area (Å²) < 4.78 is 6.53. The van der Waals surface area contributed by atoms with Crippen molar-refractivity contribution in [2.45, 2.75) is 45.6 Å². The lowest BCUT2D eigenvalue weighted by atomic mass is 9.74. The Hall–Kier alpha value is -5.04. The van der Waals surface area contributed by atoms with Crippen molar-refractivity contribution < 1.29 is 14.3 Å². The van der Waals surface area contributed by atoms with E-state index in [1.807, 2.05) is 50.2 Å². The largest absolute Gasteiger partial charge is 0.489 e. The highest BCUT2D eigenvalue weighted by Crippen LogP contribution is 2.56. The summed E-state index contributed by atoms with van der Waals surface area (Å²) >= 11 is 0. The SMILES string of the molecule is C=C/C(NCC)=C(C)\C=C1/COc2cc(NCC)c3cc2C12c1ccccc1C(=O)N2NC(=O)c1c-3ccc2c1C(C)CC=C2. The van der Waals surface area contributed by atoms with Gasteiger partial charge in [-0.25, -0.2) is 5.01 Å². The number of ether oxygens (including phenoxy) is 1. The van der Waals surface area contributed by atoms with E-state index in [1.54, 1.807) is 11.1 Å². The van der Waals surface area contributed by atoms with E-state index < -0.39 is 5.54 Å². The molecule has 1 spiro atoms. The Kier molecular flexibility index (Phi) is 6.92. The van der Waals surface area contributed by atoms with Crippen LogP contribution in [0.3, 0.4) is 0 Å². The van der Waals surface area contributed by atoms with Crippen LogP contribution in [0.1, 0.15) is 83.0 Å². The maximum absolute atomic E-state index is 14.8.